The Bertz CT molecular complexity index is 1900. The Morgan fingerprint density at radius 2 is 0.980 bits per heavy atom. The van der Waals surface area contributed by atoms with Gasteiger partial charge in [0.1, 0.15) is 12.8 Å². The summed E-state index contributed by atoms with van der Waals surface area (Å²) >= 11 is 0. The third-order valence-electron chi connectivity index (χ3n) is 8.86. The summed E-state index contributed by atoms with van der Waals surface area (Å²) in [6, 6.07) is 59.6. The minimum absolute atomic E-state index is 0.112. The number of hydrogen-bond acceptors (Lipinski definition) is 5. The molecule has 1 heterocycles. The van der Waals surface area contributed by atoms with Gasteiger partial charge in [-0.05, 0) is 102 Å². The van der Waals surface area contributed by atoms with Crippen molar-refractivity contribution in [1.82, 2.24) is 10.9 Å². The lowest BCUT2D eigenvalue weighted by Crippen LogP contribution is -2.62. The van der Waals surface area contributed by atoms with Gasteiger partial charge in [-0.2, -0.15) is 0 Å². The summed E-state index contributed by atoms with van der Waals surface area (Å²) < 4.78 is 0. The highest BCUT2D eigenvalue weighted by molar-refractivity contribution is 5.84. The highest BCUT2D eigenvalue weighted by atomic mass is 15.7. The summed E-state index contributed by atoms with van der Waals surface area (Å²) in [5, 5.41) is 4.38. The van der Waals surface area contributed by atoms with Crippen molar-refractivity contribution in [3.63, 3.8) is 0 Å². The summed E-state index contributed by atoms with van der Waals surface area (Å²) in [6.45, 7) is 4.95. The van der Waals surface area contributed by atoms with E-state index in [1.165, 1.54) is 22.3 Å². The fourth-order valence-corrected chi connectivity index (χ4v) is 6.23. The fourth-order valence-electron chi connectivity index (χ4n) is 6.23. The van der Waals surface area contributed by atoms with Gasteiger partial charge in [-0.15, -0.1) is 0 Å². The molecule has 1 aliphatic heterocycles. The zero-order chi connectivity index (χ0) is 33.4. The smallest absolute Gasteiger partial charge is 0.120 e. The lowest BCUT2D eigenvalue weighted by molar-refractivity contribution is 0.348. The molecular weight excluding hydrogens is 599 g/mol. The standard InChI is InChI=1S/C44H41N5/c1-3-35(32-34(2)36-28-30-43(31-29-36)49(41-20-12-6-13-21-41)42-22-14-7-15-23-42)37-24-26-38(27-25-37)44-45-47(39-16-8-4-9-17-39)33-48(46-44)40-18-10-5-11-19-40/h3-32,44-46H,33H2,1-2H3/b34-32-,35-3-. The van der Waals surface area contributed by atoms with Gasteiger partial charge in [0, 0.05) is 17.1 Å². The molecule has 0 amide bonds. The Labute approximate surface area is 290 Å². The Morgan fingerprint density at radius 3 is 1.45 bits per heavy atom. The van der Waals surface area contributed by atoms with Crippen LogP contribution in [0.25, 0.3) is 11.1 Å². The van der Waals surface area contributed by atoms with E-state index in [-0.39, 0.29) is 6.17 Å². The molecule has 6 aromatic carbocycles. The zero-order valence-corrected chi connectivity index (χ0v) is 27.9. The van der Waals surface area contributed by atoms with Crippen LogP contribution >= 0.6 is 0 Å². The molecule has 0 unspecified atom stereocenters. The SMILES string of the molecule is C/C=C(/C=C(/C)c1ccc(N(c2ccccc2)c2ccccc2)cc1)c1ccc(C2NN(c3ccccc3)CN(c3ccccc3)N2)cc1. The van der Waals surface area contributed by atoms with Crippen molar-refractivity contribution in [3.05, 3.63) is 199 Å². The second-order valence-corrected chi connectivity index (χ2v) is 12.1. The lowest BCUT2D eigenvalue weighted by atomic mass is 9.98. The molecule has 242 valence electrons. The average molecular weight is 640 g/mol. The number of allylic oxidation sites excluding steroid dienone is 4. The molecule has 1 fully saturated rings. The van der Waals surface area contributed by atoms with Crippen LogP contribution in [0.2, 0.25) is 0 Å². The van der Waals surface area contributed by atoms with Gasteiger partial charge in [0.25, 0.3) is 0 Å². The molecule has 1 aliphatic rings. The van der Waals surface area contributed by atoms with Crippen molar-refractivity contribution in [2.75, 3.05) is 21.6 Å². The van der Waals surface area contributed by atoms with Gasteiger partial charge >= 0.3 is 0 Å². The third kappa shape index (κ3) is 7.34. The van der Waals surface area contributed by atoms with Crippen LogP contribution in [-0.2, 0) is 0 Å². The molecule has 6 aromatic rings. The van der Waals surface area contributed by atoms with Crippen LogP contribution in [0.15, 0.2) is 182 Å². The molecule has 0 saturated carbocycles. The van der Waals surface area contributed by atoms with Gasteiger partial charge in [-0.3, -0.25) is 10.0 Å². The first kappa shape index (κ1) is 31.7. The topological polar surface area (TPSA) is 33.8 Å². The summed E-state index contributed by atoms with van der Waals surface area (Å²) in [4.78, 5) is 2.29. The van der Waals surface area contributed by atoms with Crippen molar-refractivity contribution < 1.29 is 0 Å². The first-order chi connectivity index (χ1) is 24.2. The van der Waals surface area contributed by atoms with Crippen LogP contribution in [0.3, 0.4) is 0 Å². The number of rotatable bonds is 9. The van der Waals surface area contributed by atoms with E-state index < -0.39 is 0 Å². The van der Waals surface area contributed by atoms with Crippen LogP contribution in [-0.4, -0.2) is 6.67 Å². The molecule has 0 spiro atoms. The number of hydrazine groups is 2. The Kier molecular flexibility index (Phi) is 9.65. The van der Waals surface area contributed by atoms with Crippen molar-refractivity contribution in [2.24, 2.45) is 0 Å². The van der Waals surface area contributed by atoms with E-state index in [0.29, 0.717) is 6.67 Å². The van der Waals surface area contributed by atoms with E-state index in [1.54, 1.807) is 0 Å². The number of para-hydroxylation sites is 4. The second kappa shape index (κ2) is 14.9. The van der Waals surface area contributed by atoms with Gasteiger partial charge in [-0.25, -0.2) is 10.9 Å². The first-order valence-corrected chi connectivity index (χ1v) is 16.8. The molecule has 49 heavy (non-hydrogen) atoms. The number of anilines is 5. The Balaban J connectivity index is 1.10. The second-order valence-electron chi connectivity index (χ2n) is 12.1. The van der Waals surface area contributed by atoms with Crippen LogP contribution in [0.5, 0.6) is 0 Å². The van der Waals surface area contributed by atoms with Gasteiger partial charge in [-0.1, -0.05) is 121 Å². The van der Waals surface area contributed by atoms with Crippen LogP contribution < -0.4 is 25.8 Å². The highest BCUT2D eigenvalue weighted by Gasteiger charge is 2.26. The largest absolute Gasteiger partial charge is 0.311 e. The quantitative estimate of drug-likeness (QED) is 0.154. The van der Waals surface area contributed by atoms with E-state index in [4.69, 9.17) is 0 Å². The molecular formula is C44H41N5. The molecule has 5 nitrogen and oxygen atoms in total. The van der Waals surface area contributed by atoms with Crippen molar-refractivity contribution in [1.29, 1.82) is 0 Å². The molecule has 0 aliphatic carbocycles. The van der Waals surface area contributed by atoms with Crippen LogP contribution in [0, 0.1) is 0 Å². The third-order valence-corrected chi connectivity index (χ3v) is 8.86. The summed E-state index contributed by atoms with van der Waals surface area (Å²) in [5.74, 6) is 0. The Morgan fingerprint density at radius 1 is 0.551 bits per heavy atom. The van der Waals surface area contributed by atoms with E-state index in [1.807, 2.05) is 12.1 Å². The number of nitrogens with one attached hydrogen (secondary N) is 2. The highest BCUT2D eigenvalue weighted by Crippen LogP contribution is 2.35. The Hall–Kier alpha value is -5.88. The minimum Gasteiger partial charge on any atom is -0.311 e. The minimum atomic E-state index is -0.112. The molecule has 7 rings (SSSR count). The monoisotopic (exact) mass is 639 g/mol. The lowest BCUT2D eigenvalue weighted by Gasteiger charge is -2.43. The van der Waals surface area contributed by atoms with Crippen molar-refractivity contribution in [2.45, 2.75) is 20.0 Å². The predicted octanol–water partition coefficient (Wildman–Crippen LogP) is 10.7. The molecule has 1 saturated heterocycles. The first-order valence-electron chi connectivity index (χ1n) is 16.8. The summed E-state index contributed by atoms with van der Waals surface area (Å²) in [6.07, 6.45) is 4.35. The van der Waals surface area contributed by atoms with E-state index in [2.05, 4.69) is 209 Å². The molecule has 2 N–H and O–H groups in total. The van der Waals surface area contributed by atoms with Gasteiger partial charge in [0.15, 0.2) is 0 Å². The van der Waals surface area contributed by atoms with Gasteiger partial charge < -0.3 is 4.90 Å². The van der Waals surface area contributed by atoms with Crippen LogP contribution in [0.1, 0.15) is 36.7 Å². The van der Waals surface area contributed by atoms with Gasteiger partial charge in [0.2, 0.25) is 0 Å². The zero-order valence-electron chi connectivity index (χ0n) is 27.9. The van der Waals surface area contributed by atoms with Gasteiger partial charge in [0.05, 0.1) is 11.4 Å². The maximum atomic E-state index is 3.69. The summed E-state index contributed by atoms with van der Waals surface area (Å²) in [7, 11) is 0. The number of hydrogen-bond donors (Lipinski definition) is 2. The summed E-state index contributed by atoms with van der Waals surface area (Å²) in [5.41, 5.74) is 18.9. The van der Waals surface area contributed by atoms with Crippen molar-refractivity contribution >= 4 is 39.6 Å². The molecule has 0 atom stereocenters. The van der Waals surface area contributed by atoms with E-state index in [9.17, 15) is 0 Å². The number of nitrogens with zero attached hydrogens (tertiary/aromatic N) is 3. The average Bonchev–Trinajstić information content (AvgIpc) is 3.19. The van der Waals surface area contributed by atoms with Crippen LogP contribution in [0.4, 0.5) is 28.4 Å². The maximum absolute atomic E-state index is 3.69. The molecule has 5 heteroatoms. The maximum Gasteiger partial charge on any atom is 0.120 e. The predicted molar refractivity (Wildman–Crippen MR) is 207 cm³/mol. The van der Waals surface area contributed by atoms with E-state index in [0.717, 1.165) is 34.0 Å². The van der Waals surface area contributed by atoms with E-state index >= 15 is 0 Å². The van der Waals surface area contributed by atoms with Crippen molar-refractivity contribution in [3.8, 4) is 0 Å². The number of benzene rings is 6. The molecule has 0 radical (unpaired) electrons. The molecule has 0 aromatic heterocycles. The normalized spacial score (nSPS) is 14.2. The molecule has 0 bridgehead atoms. The fraction of sp³-hybridized carbons (Fsp3) is 0.0909.